The van der Waals surface area contributed by atoms with E-state index in [1.807, 2.05) is 18.2 Å². The number of nitrogens with one attached hydrogen (secondary N) is 2. The molecule has 5 nitrogen and oxygen atoms in total. The van der Waals surface area contributed by atoms with Crippen LogP contribution in [-0.2, 0) is 6.42 Å². The van der Waals surface area contributed by atoms with Crippen LogP contribution >= 0.6 is 24.0 Å². The third kappa shape index (κ3) is 6.45. The molecule has 0 aliphatic carbocycles. The van der Waals surface area contributed by atoms with Gasteiger partial charge in [0.05, 0.1) is 0 Å². The van der Waals surface area contributed by atoms with Crippen LogP contribution in [0.1, 0.15) is 40.7 Å². The smallest absolute Gasteiger partial charge is 0.251 e. The van der Waals surface area contributed by atoms with Crippen LogP contribution in [-0.4, -0.2) is 50.0 Å². The Morgan fingerprint density at radius 1 is 1.17 bits per heavy atom. The fraction of sp³-hybridized carbons (Fsp3) is 0.391. The summed E-state index contributed by atoms with van der Waals surface area (Å²) in [5, 5.41) is 6.10. The SMILES string of the molecule is CCNC(=NCCc1cccc(C(=O)NC)c1)N1CCC(c2ccccc2)C1.I. The second-order valence-corrected chi connectivity index (χ2v) is 7.11. The standard InChI is InChI=1S/C23H30N4O.HI/c1-3-25-23(27-15-13-21(17-27)19-9-5-4-6-10-19)26-14-12-18-8-7-11-20(16-18)22(28)24-2;/h4-11,16,21H,3,12-15,17H2,1-2H3,(H,24,28)(H,25,26);1H. The van der Waals surface area contributed by atoms with E-state index in [9.17, 15) is 4.79 Å². The summed E-state index contributed by atoms with van der Waals surface area (Å²) in [5.74, 6) is 1.50. The summed E-state index contributed by atoms with van der Waals surface area (Å²) in [6.45, 7) is 5.69. The quantitative estimate of drug-likeness (QED) is 0.357. The second kappa shape index (κ2) is 11.8. The molecular formula is C23H31IN4O. The molecule has 1 aliphatic rings. The second-order valence-electron chi connectivity index (χ2n) is 7.11. The first-order valence-electron chi connectivity index (χ1n) is 10.1. The van der Waals surface area contributed by atoms with Crippen molar-refractivity contribution in [1.82, 2.24) is 15.5 Å². The molecule has 1 saturated heterocycles. The van der Waals surface area contributed by atoms with Gasteiger partial charge >= 0.3 is 0 Å². The molecule has 29 heavy (non-hydrogen) atoms. The summed E-state index contributed by atoms with van der Waals surface area (Å²) >= 11 is 0. The van der Waals surface area contributed by atoms with E-state index in [0.29, 0.717) is 18.0 Å². The first-order valence-corrected chi connectivity index (χ1v) is 10.1. The van der Waals surface area contributed by atoms with Gasteiger partial charge in [0.1, 0.15) is 0 Å². The van der Waals surface area contributed by atoms with Crippen LogP contribution in [0.15, 0.2) is 59.6 Å². The highest BCUT2D eigenvalue weighted by atomic mass is 127. The number of amides is 1. The summed E-state index contributed by atoms with van der Waals surface area (Å²) < 4.78 is 0. The third-order valence-corrected chi connectivity index (χ3v) is 5.17. The molecule has 1 unspecified atom stereocenters. The van der Waals surface area contributed by atoms with Crippen molar-refractivity contribution in [1.29, 1.82) is 0 Å². The summed E-state index contributed by atoms with van der Waals surface area (Å²) in [6, 6.07) is 18.5. The number of hydrogen-bond donors (Lipinski definition) is 2. The predicted octanol–water partition coefficient (Wildman–Crippen LogP) is 3.66. The maximum absolute atomic E-state index is 11.8. The topological polar surface area (TPSA) is 56.7 Å². The molecule has 0 bridgehead atoms. The van der Waals surface area contributed by atoms with Crippen molar-refractivity contribution in [3.8, 4) is 0 Å². The van der Waals surface area contributed by atoms with Gasteiger partial charge in [-0.3, -0.25) is 9.79 Å². The minimum absolute atomic E-state index is 0. The maximum atomic E-state index is 11.8. The van der Waals surface area contributed by atoms with Crippen molar-refractivity contribution in [2.24, 2.45) is 4.99 Å². The van der Waals surface area contributed by atoms with Crippen LogP contribution in [0.2, 0.25) is 0 Å². The number of nitrogens with zero attached hydrogens (tertiary/aromatic N) is 2. The normalized spacial score (nSPS) is 16.3. The molecule has 2 N–H and O–H groups in total. The number of guanidine groups is 1. The molecule has 3 rings (SSSR count). The molecule has 0 saturated carbocycles. The highest BCUT2D eigenvalue weighted by molar-refractivity contribution is 14.0. The highest BCUT2D eigenvalue weighted by Crippen LogP contribution is 2.26. The van der Waals surface area contributed by atoms with Crippen LogP contribution in [0.5, 0.6) is 0 Å². The number of rotatable bonds is 6. The largest absolute Gasteiger partial charge is 0.357 e. The summed E-state index contributed by atoms with van der Waals surface area (Å²) in [6.07, 6.45) is 1.97. The number of carbonyl (C=O) groups is 1. The highest BCUT2D eigenvalue weighted by Gasteiger charge is 2.25. The van der Waals surface area contributed by atoms with E-state index in [1.54, 1.807) is 7.05 Å². The Bertz CT molecular complexity index is 810. The van der Waals surface area contributed by atoms with Crippen LogP contribution in [0.3, 0.4) is 0 Å². The molecule has 1 heterocycles. The summed E-state index contributed by atoms with van der Waals surface area (Å²) in [4.78, 5) is 19.0. The molecule has 2 aromatic rings. The van der Waals surface area contributed by atoms with Gasteiger partial charge in [0.25, 0.3) is 5.91 Å². The van der Waals surface area contributed by atoms with Crippen LogP contribution in [0.25, 0.3) is 0 Å². The molecule has 1 aliphatic heterocycles. The molecule has 1 atom stereocenters. The Labute approximate surface area is 191 Å². The molecular weight excluding hydrogens is 475 g/mol. The fourth-order valence-corrected chi connectivity index (χ4v) is 3.68. The molecule has 0 aromatic heterocycles. The van der Waals surface area contributed by atoms with E-state index in [0.717, 1.165) is 44.0 Å². The lowest BCUT2D eigenvalue weighted by Crippen LogP contribution is -2.40. The zero-order valence-electron chi connectivity index (χ0n) is 17.2. The first-order chi connectivity index (χ1) is 13.7. The number of halogens is 1. The third-order valence-electron chi connectivity index (χ3n) is 5.17. The van der Waals surface area contributed by atoms with Crippen molar-refractivity contribution in [3.63, 3.8) is 0 Å². The lowest BCUT2D eigenvalue weighted by Gasteiger charge is -2.22. The number of benzene rings is 2. The van der Waals surface area contributed by atoms with E-state index < -0.39 is 0 Å². The van der Waals surface area contributed by atoms with Crippen molar-refractivity contribution in [2.45, 2.75) is 25.7 Å². The monoisotopic (exact) mass is 506 g/mol. The van der Waals surface area contributed by atoms with Crippen molar-refractivity contribution in [3.05, 3.63) is 71.3 Å². The fourth-order valence-electron chi connectivity index (χ4n) is 3.68. The van der Waals surface area contributed by atoms with Gasteiger partial charge in [0.15, 0.2) is 5.96 Å². The minimum atomic E-state index is -0.0530. The number of likely N-dealkylation sites (tertiary alicyclic amines) is 1. The average molecular weight is 506 g/mol. The number of hydrogen-bond acceptors (Lipinski definition) is 2. The lowest BCUT2D eigenvalue weighted by atomic mass is 9.99. The van der Waals surface area contributed by atoms with Crippen LogP contribution in [0.4, 0.5) is 0 Å². The number of carbonyl (C=O) groups excluding carboxylic acids is 1. The van der Waals surface area contributed by atoms with Gasteiger partial charge in [-0.25, -0.2) is 0 Å². The van der Waals surface area contributed by atoms with Gasteiger partial charge in [-0.15, -0.1) is 24.0 Å². The zero-order chi connectivity index (χ0) is 19.8. The van der Waals surface area contributed by atoms with Crippen molar-refractivity contribution >= 4 is 35.8 Å². The molecule has 0 radical (unpaired) electrons. The first kappa shape index (κ1) is 23.2. The molecule has 2 aromatic carbocycles. The Kier molecular flexibility index (Phi) is 9.44. The Hall–Kier alpha value is -2.09. The summed E-state index contributed by atoms with van der Waals surface area (Å²) in [5.41, 5.74) is 3.23. The number of aliphatic imine (C=N–C) groups is 1. The van der Waals surface area contributed by atoms with Gasteiger partial charge < -0.3 is 15.5 Å². The van der Waals surface area contributed by atoms with E-state index in [-0.39, 0.29) is 29.9 Å². The van der Waals surface area contributed by atoms with Gasteiger partial charge in [-0.1, -0.05) is 42.5 Å². The Balaban J connectivity index is 0.00000300. The molecule has 0 spiro atoms. The molecule has 6 heteroatoms. The molecule has 1 fully saturated rings. The van der Waals surface area contributed by atoms with Crippen molar-refractivity contribution < 1.29 is 4.79 Å². The van der Waals surface area contributed by atoms with E-state index in [1.165, 1.54) is 5.56 Å². The van der Waals surface area contributed by atoms with E-state index in [2.05, 4.69) is 58.9 Å². The predicted molar refractivity (Wildman–Crippen MR) is 130 cm³/mol. The Morgan fingerprint density at radius 2 is 1.97 bits per heavy atom. The van der Waals surface area contributed by atoms with E-state index >= 15 is 0 Å². The average Bonchev–Trinajstić information content (AvgIpc) is 3.23. The van der Waals surface area contributed by atoms with Gasteiger partial charge in [-0.05, 0) is 43.0 Å². The zero-order valence-corrected chi connectivity index (χ0v) is 19.6. The van der Waals surface area contributed by atoms with Gasteiger partial charge in [0.2, 0.25) is 0 Å². The molecule has 156 valence electrons. The van der Waals surface area contributed by atoms with E-state index in [4.69, 9.17) is 4.99 Å². The van der Waals surface area contributed by atoms with Crippen molar-refractivity contribution in [2.75, 3.05) is 33.2 Å². The maximum Gasteiger partial charge on any atom is 0.251 e. The summed E-state index contributed by atoms with van der Waals surface area (Å²) in [7, 11) is 1.65. The van der Waals surface area contributed by atoms with Gasteiger partial charge in [0, 0.05) is 44.7 Å². The lowest BCUT2D eigenvalue weighted by molar-refractivity contribution is 0.0963. The minimum Gasteiger partial charge on any atom is -0.357 e. The molecule has 1 amide bonds. The van der Waals surface area contributed by atoms with Crippen LogP contribution < -0.4 is 10.6 Å². The van der Waals surface area contributed by atoms with Crippen LogP contribution in [0, 0.1) is 0 Å². The van der Waals surface area contributed by atoms with Gasteiger partial charge in [-0.2, -0.15) is 0 Å². The Morgan fingerprint density at radius 3 is 2.69 bits per heavy atom.